The molecule has 1 heterocycles. The van der Waals surface area contributed by atoms with Gasteiger partial charge in [0.05, 0.1) is 16.6 Å². The van der Waals surface area contributed by atoms with Crippen LogP contribution in [0.25, 0.3) is 11.3 Å². The zero-order valence-electron chi connectivity index (χ0n) is 11.7. The Hall–Kier alpha value is -2.38. The molecule has 7 nitrogen and oxygen atoms in total. The molecule has 22 heavy (non-hydrogen) atoms. The topological polar surface area (TPSA) is 94.6 Å². The number of benzene rings is 1. The number of methoxy groups -OCH3 is 1. The van der Waals surface area contributed by atoms with Gasteiger partial charge in [0.1, 0.15) is 5.76 Å². The van der Waals surface area contributed by atoms with Crippen molar-refractivity contribution in [3.63, 3.8) is 0 Å². The van der Waals surface area contributed by atoms with Crippen molar-refractivity contribution in [1.29, 1.82) is 0 Å². The van der Waals surface area contributed by atoms with Crippen LogP contribution >= 0.6 is 11.6 Å². The van der Waals surface area contributed by atoms with E-state index in [9.17, 15) is 14.9 Å². The van der Waals surface area contributed by atoms with Gasteiger partial charge in [-0.1, -0.05) is 11.6 Å². The summed E-state index contributed by atoms with van der Waals surface area (Å²) in [6, 6.07) is 7.12. The first-order valence-corrected chi connectivity index (χ1v) is 6.72. The number of carbonyl (C=O) groups excluding carboxylic acids is 1. The maximum absolute atomic E-state index is 11.8. The van der Waals surface area contributed by atoms with Crippen molar-refractivity contribution in [2.75, 3.05) is 20.3 Å². The first-order valence-electron chi connectivity index (χ1n) is 6.34. The van der Waals surface area contributed by atoms with Crippen LogP contribution in [0.2, 0.25) is 5.02 Å². The molecular weight excluding hydrogens is 312 g/mol. The molecule has 0 aliphatic heterocycles. The highest BCUT2D eigenvalue weighted by molar-refractivity contribution is 6.33. The molecule has 1 N–H and O–H groups in total. The highest BCUT2D eigenvalue weighted by Gasteiger charge is 2.16. The second-order valence-electron chi connectivity index (χ2n) is 4.33. The van der Waals surface area contributed by atoms with E-state index in [1.54, 1.807) is 6.07 Å². The number of amides is 1. The molecule has 0 atom stereocenters. The van der Waals surface area contributed by atoms with Gasteiger partial charge in [0, 0.05) is 31.4 Å². The van der Waals surface area contributed by atoms with Gasteiger partial charge < -0.3 is 14.5 Å². The minimum atomic E-state index is -0.535. The maximum Gasteiger partial charge on any atom is 0.287 e. The maximum atomic E-state index is 11.8. The van der Waals surface area contributed by atoms with Crippen LogP contribution in [0.5, 0.6) is 0 Å². The summed E-state index contributed by atoms with van der Waals surface area (Å²) in [5.41, 5.74) is 0.362. The highest BCUT2D eigenvalue weighted by Crippen LogP contribution is 2.32. The average Bonchev–Trinajstić information content (AvgIpc) is 2.96. The van der Waals surface area contributed by atoms with Crippen molar-refractivity contribution in [3.05, 3.63) is 51.2 Å². The first kappa shape index (κ1) is 16.0. The fourth-order valence-corrected chi connectivity index (χ4v) is 2.04. The Morgan fingerprint density at radius 3 is 2.82 bits per heavy atom. The second-order valence-corrected chi connectivity index (χ2v) is 4.74. The van der Waals surface area contributed by atoms with Gasteiger partial charge >= 0.3 is 0 Å². The van der Waals surface area contributed by atoms with E-state index in [1.165, 1.54) is 31.4 Å². The van der Waals surface area contributed by atoms with E-state index in [0.29, 0.717) is 24.5 Å². The number of carbonyl (C=O) groups is 1. The molecule has 0 aliphatic rings. The van der Waals surface area contributed by atoms with Crippen LogP contribution in [0, 0.1) is 10.1 Å². The molecule has 1 aromatic heterocycles. The number of furan rings is 1. The summed E-state index contributed by atoms with van der Waals surface area (Å²) in [6.07, 6.45) is 0. The van der Waals surface area contributed by atoms with Crippen molar-refractivity contribution in [3.8, 4) is 11.3 Å². The molecule has 1 aromatic carbocycles. The van der Waals surface area contributed by atoms with Crippen molar-refractivity contribution < 1.29 is 18.9 Å². The number of non-ortho nitro benzene ring substituents is 1. The molecule has 2 aromatic rings. The molecule has 8 heteroatoms. The van der Waals surface area contributed by atoms with Crippen molar-refractivity contribution >= 4 is 23.2 Å². The Kier molecular flexibility index (Phi) is 5.13. The fourth-order valence-electron chi connectivity index (χ4n) is 1.78. The Morgan fingerprint density at radius 1 is 1.41 bits per heavy atom. The number of hydrogen-bond acceptors (Lipinski definition) is 5. The SMILES string of the molecule is COCCNC(=O)c1ccc(-c2ccc([N+](=O)[O-])cc2Cl)o1. The van der Waals surface area contributed by atoms with Gasteiger partial charge in [-0.3, -0.25) is 14.9 Å². The monoisotopic (exact) mass is 324 g/mol. The van der Waals surface area contributed by atoms with Gasteiger partial charge in [-0.2, -0.15) is 0 Å². The lowest BCUT2D eigenvalue weighted by atomic mass is 10.1. The standard InChI is InChI=1S/C14H13ClN2O5/c1-21-7-6-16-14(18)13-5-4-12(22-13)10-3-2-9(17(19)20)8-11(10)15/h2-5,8H,6-7H2,1H3,(H,16,18). The van der Waals surface area contributed by atoms with Crippen LogP contribution in [-0.2, 0) is 4.74 Å². The summed E-state index contributed by atoms with van der Waals surface area (Å²) >= 11 is 6.02. The Labute approximate surface area is 131 Å². The summed E-state index contributed by atoms with van der Waals surface area (Å²) in [6.45, 7) is 0.761. The van der Waals surface area contributed by atoms with Crippen LogP contribution in [0.4, 0.5) is 5.69 Å². The Balaban J connectivity index is 2.17. The first-order chi connectivity index (χ1) is 10.5. The average molecular weight is 325 g/mol. The summed E-state index contributed by atoms with van der Waals surface area (Å²) in [4.78, 5) is 22.0. The van der Waals surface area contributed by atoms with Gasteiger partial charge in [0.2, 0.25) is 0 Å². The third kappa shape index (κ3) is 3.63. The molecule has 0 unspecified atom stereocenters. The van der Waals surface area contributed by atoms with Gasteiger partial charge in [-0.25, -0.2) is 0 Å². The van der Waals surface area contributed by atoms with E-state index in [1.807, 2.05) is 0 Å². The molecule has 0 saturated carbocycles. The number of ether oxygens (including phenoxy) is 1. The smallest absolute Gasteiger partial charge is 0.287 e. The normalized spacial score (nSPS) is 10.5. The minimum Gasteiger partial charge on any atom is -0.451 e. The minimum absolute atomic E-state index is 0.113. The van der Waals surface area contributed by atoms with Gasteiger partial charge in [0.15, 0.2) is 5.76 Å². The van der Waals surface area contributed by atoms with Gasteiger partial charge in [0.25, 0.3) is 11.6 Å². The predicted molar refractivity (Wildman–Crippen MR) is 80.0 cm³/mol. The quantitative estimate of drug-likeness (QED) is 0.501. The number of nitrogens with zero attached hydrogens (tertiary/aromatic N) is 1. The summed E-state index contributed by atoms with van der Waals surface area (Å²) in [5, 5.41) is 13.5. The van der Waals surface area contributed by atoms with Crippen LogP contribution < -0.4 is 5.32 Å². The largest absolute Gasteiger partial charge is 0.451 e. The number of halogens is 1. The molecule has 0 aliphatic carbocycles. The number of rotatable bonds is 6. The molecule has 0 spiro atoms. The Bertz CT molecular complexity index is 698. The van der Waals surface area contributed by atoms with E-state index >= 15 is 0 Å². The van der Waals surface area contributed by atoms with Crippen molar-refractivity contribution in [2.45, 2.75) is 0 Å². The zero-order chi connectivity index (χ0) is 16.1. The molecule has 1 amide bonds. The number of hydrogen-bond donors (Lipinski definition) is 1. The van der Waals surface area contributed by atoms with Crippen LogP contribution in [-0.4, -0.2) is 31.1 Å². The fraction of sp³-hybridized carbons (Fsp3) is 0.214. The van der Waals surface area contributed by atoms with Gasteiger partial charge in [-0.05, 0) is 18.2 Å². The lowest BCUT2D eigenvalue weighted by molar-refractivity contribution is -0.384. The third-order valence-corrected chi connectivity index (χ3v) is 3.16. The van der Waals surface area contributed by atoms with Crippen LogP contribution in [0.1, 0.15) is 10.6 Å². The van der Waals surface area contributed by atoms with Crippen LogP contribution in [0.15, 0.2) is 34.7 Å². The lowest BCUT2D eigenvalue weighted by Crippen LogP contribution is -2.26. The van der Waals surface area contributed by atoms with E-state index in [-0.39, 0.29) is 22.4 Å². The molecule has 0 fully saturated rings. The summed E-state index contributed by atoms with van der Waals surface area (Å²) in [7, 11) is 1.54. The summed E-state index contributed by atoms with van der Waals surface area (Å²) in [5.74, 6) is 0.110. The number of nitro benzene ring substituents is 1. The zero-order valence-corrected chi connectivity index (χ0v) is 12.4. The molecule has 0 radical (unpaired) electrons. The predicted octanol–water partition coefficient (Wildman–Crippen LogP) is 2.88. The highest BCUT2D eigenvalue weighted by atomic mass is 35.5. The Morgan fingerprint density at radius 2 is 2.18 bits per heavy atom. The molecule has 116 valence electrons. The van der Waals surface area contributed by atoms with Crippen molar-refractivity contribution in [2.24, 2.45) is 0 Å². The molecule has 0 saturated heterocycles. The number of nitrogens with one attached hydrogen (secondary N) is 1. The third-order valence-electron chi connectivity index (χ3n) is 2.85. The van der Waals surface area contributed by atoms with E-state index in [4.69, 9.17) is 20.8 Å². The number of nitro groups is 1. The summed E-state index contributed by atoms with van der Waals surface area (Å²) < 4.78 is 10.3. The van der Waals surface area contributed by atoms with Crippen molar-refractivity contribution in [1.82, 2.24) is 5.32 Å². The van der Waals surface area contributed by atoms with E-state index in [2.05, 4.69) is 5.32 Å². The lowest BCUT2D eigenvalue weighted by Gasteiger charge is -2.02. The van der Waals surface area contributed by atoms with E-state index in [0.717, 1.165) is 0 Å². The molecule has 2 rings (SSSR count). The van der Waals surface area contributed by atoms with E-state index < -0.39 is 4.92 Å². The second kappa shape index (κ2) is 7.06. The van der Waals surface area contributed by atoms with Gasteiger partial charge in [-0.15, -0.1) is 0 Å². The van der Waals surface area contributed by atoms with Crippen LogP contribution in [0.3, 0.4) is 0 Å². The molecular formula is C14H13ClN2O5. The molecule has 0 bridgehead atoms.